The Labute approximate surface area is 156 Å². The lowest BCUT2D eigenvalue weighted by Gasteiger charge is -2.29. The Morgan fingerprint density at radius 2 is 1.93 bits per heavy atom. The summed E-state index contributed by atoms with van der Waals surface area (Å²) in [4.78, 5) is 25.8. The second-order valence-corrected chi connectivity index (χ2v) is 8.04. The van der Waals surface area contributed by atoms with Crippen LogP contribution in [-0.4, -0.2) is 41.0 Å². The lowest BCUT2D eigenvalue weighted by Crippen LogP contribution is -2.38. The van der Waals surface area contributed by atoms with Crippen molar-refractivity contribution < 1.29 is 27.5 Å². The largest absolute Gasteiger partial charge is 0.444 e. The molecule has 8 heteroatoms. The van der Waals surface area contributed by atoms with E-state index in [9.17, 15) is 22.8 Å². The molecule has 0 saturated carbocycles. The number of nitrogens with one attached hydrogen (secondary N) is 1. The maximum Gasteiger partial charge on any atom is 0.411 e. The summed E-state index contributed by atoms with van der Waals surface area (Å²) in [7, 11) is 0. The van der Waals surface area contributed by atoms with E-state index >= 15 is 0 Å². The third-order valence-corrected chi connectivity index (χ3v) is 3.93. The van der Waals surface area contributed by atoms with Crippen molar-refractivity contribution in [3.8, 4) is 0 Å². The Morgan fingerprint density at radius 3 is 2.48 bits per heavy atom. The van der Waals surface area contributed by atoms with Gasteiger partial charge in [-0.15, -0.1) is 0 Å². The number of ether oxygens (including phenoxy) is 1. The van der Waals surface area contributed by atoms with Crippen LogP contribution in [0.5, 0.6) is 0 Å². The molecule has 1 heterocycles. The average molecular weight is 386 g/mol. The molecule has 1 saturated heterocycles. The molecule has 2 amide bonds. The molecule has 0 aromatic heterocycles. The Kier molecular flexibility index (Phi) is 5.77. The van der Waals surface area contributed by atoms with Crippen molar-refractivity contribution in [2.24, 2.45) is 0 Å². The molecular formula is C19H25F3N2O3. The van der Waals surface area contributed by atoms with Crippen LogP contribution in [0, 0.1) is 5.82 Å². The molecule has 1 aromatic rings. The number of alkyl halides is 2. The van der Waals surface area contributed by atoms with Gasteiger partial charge in [-0.2, -0.15) is 0 Å². The third kappa shape index (κ3) is 5.37. The summed E-state index contributed by atoms with van der Waals surface area (Å²) in [5, 5.41) is 2.66. The van der Waals surface area contributed by atoms with E-state index in [0.717, 1.165) is 17.0 Å². The predicted molar refractivity (Wildman–Crippen MR) is 94.2 cm³/mol. The predicted octanol–water partition coefficient (Wildman–Crippen LogP) is 4.28. The summed E-state index contributed by atoms with van der Waals surface area (Å²) in [5.41, 5.74) is -0.781. The number of hydrogen-bond acceptors (Lipinski definition) is 3. The van der Waals surface area contributed by atoms with Crippen LogP contribution in [-0.2, 0) is 4.74 Å². The summed E-state index contributed by atoms with van der Waals surface area (Å²) in [5.74, 6) is -4.36. The lowest BCUT2D eigenvalue weighted by atomic mass is 9.97. The van der Waals surface area contributed by atoms with Crippen LogP contribution < -0.4 is 5.32 Å². The number of benzene rings is 1. The van der Waals surface area contributed by atoms with Crippen LogP contribution >= 0.6 is 0 Å². The number of likely N-dealkylation sites (tertiary alicyclic amines) is 1. The Bertz CT molecular complexity index is 729. The number of carbonyl (C=O) groups is 2. The van der Waals surface area contributed by atoms with Crippen molar-refractivity contribution in [1.29, 1.82) is 0 Å². The lowest BCUT2D eigenvalue weighted by molar-refractivity contribution is -0.00244. The van der Waals surface area contributed by atoms with Crippen LogP contribution in [0.15, 0.2) is 18.2 Å². The monoisotopic (exact) mass is 386 g/mol. The van der Waals surface area contributed by atoms with Gasteiger partial charge in [-0.1, -0.05) is 0 Å². The average Bonchev–Trinajstić information content (AvgIpc) is 2.80. The van der Waals surface area contributed by atoms with Crippen molar-refractivity contribution in [2.45, 2.75) is 64.6 Å². The second-order valence-electron chi connectivity index (χ2n) is 8.04. The molecule has 150 valence electrons. The first kappa shape index (κ1) is 21.1. The van der Waals surface area contributed by atoms with E-state index in [1.54, 1.807) is 34.6 Å². The number of amides is 2. The minimum absolute atomic E-state index is 0.0381. The van der Waals surface area contributed by atoms with E-state index in [0.29, 0.717) is 0 Å². The fourth-order valence-corrected chi connectivity index (χ4v) is 2.96. The van der Waals surface area contributed by atoms with Gasteiger partial charge in [0.1, 0.15) is 11.4 Å². The molecule has 1 aliphatic heterocycles. The van der Waals surface area contributed by atoms with Gasteiger partial charge in [-0.3, -0.25) is 9.69 Å². The minimum atomic E-state index is -3.17. The molecule has 0 aliphatic carbocycles. The van der Waals surface area contributed by atoms with E-state index < -0.39 is 48.3 Å². The Hall–Kier alpha value is -2.25. The number of rotatable bonds is 3. The van der Waals surface area contributed by atoms with Gasteiger partial charge in [0.15, 0.2) is 0 Å². The molecule has 5 nitrogen and oxygen atoms in total. The zero-order valence-corrected chi connectivity index (χ0v) is 16.1. The third-order valence-electron chi connectivity index (χ3n) is 3.93. The van der Waals surface area contributed by atoms with Gasteiger partial charge >= 0.3 is 6.09 Å². The van der Waals surface area contributed by atoms with Crippen molar-refractivity contribution in [2.75, 3.05) is 6.54 Å². The highest BCUT2D eigenvalue weighted by atomic mass is 19.3. The molecule has 1 fully saturated rings. The molecule has 1 aromatic carbocycles. The minimum Gasteiger partial charge on any atom is -0.444 e. The topological polar surface area (TPSA) is 58.6 Å². The zero-order chi connectivity index (χ0) is 20.6. The molecule has 0 radical (unpaired) electrons. The summed E-state index contributed by atoms with van der Waals surface area (Å²) in [6, 6.07) is 2.00. The summed E-state index contributed by atoms with van der Waals surface area (Å²) in [6.45, 7) is 7.51. The van der Waals surface area contributed by atoms with Gasteiger partial charge < -0.3 is 10.1 Å². The van der Waals surface area contributed by atoms with Crippen molar-refractivity contribution in [3.05, 3.63) is 35.1 Å². The summed E-state index contributed by atoms with van der Waals surface area (Å²) in [6.07, 6.45) is -1.64. The highest BCUT2D eigenvalue weighted by Gasteiger charge is 2.49. The fraction of sp³-hybridized carbons (Fsp3) is 0.579. The van der Waals surface area contributed by atoms with E-state index in [1.807, 2.05) is 0 Å². The molecule has 1 aliphatic rings. The first-order valence-corrected chi connectivity index (χ1v) is 8.77. The van der Waals surface area contributed by atoms with Gasteiger partial charge in [0.25, 0.3) is 11.8 Å². The van der Waals surface area contributed by atoms with Crippen LogP contribution in [0.4, 0.5) is 18.0 Å². The number of hydrogen-bond donors (Lipinski definition) is 1. The van der Waals surface area contributed by atoms with Crippen LogP contribution in [0.1, 0.15) is 63.0 Å². The molecule has 27 heavy (non-hydrogen) atoms. The highest BCUT2D eigenvalue weighted by Crippen LogP contribution is 2.43. The number of carbonyl (C=O) groups excluding carboxylic acids is 2. The number of nitrogens with zero attached hydrogens (tertiary/aromatic N) is 1. The van der Waals surface area contributed by atoms with Crippen LogP contribution in [0.3, 0.4) is 0 Å². The molecule has 2 rings (SSSR count). The molecule has 1 N–H and O–H groups in total. The van der Waals surface area contributed by atoms with E-state index in [1.165, 1.54) is 6.07 Å². The van der Waals surface area contributed by atoms with Gasteiger partial charge in [0, 0.05) is 18.0 Å². The van der Waals surface area contributed by atoms with Crippen molar-refractivity contribution in [3.63, 3.8) is 0 Å². The second kappa shape index (κ2) is 7.40. The van der Waals surface area contributed by atoms with E-state index in [4.69, 9.17) is 4.74 Å². The standard InChI is InChI=1S/C19H25F3N2O3/c1-11(2)23-16(25)13-7-6-12(20)8-14(13)15-9-19(21,22)10-24(15)17(26)27-18(3,4)5/h6-8,11,15H,9-10H2,1-5H3,(H,23,25). The van der Waals surface area contributed by atoms with E-state index in [2.05, 4.69) is 5.32 Å². The van der Waals surface area contributed by atoms with Gasteiger partial charge in [-0.25, -0.2) is 18.0 Å². The normalized spacial score (nSPS) is 19.3. The fourth-order valence-electron chi connectivity index (χ4n) is 2.96. The maximum atomic E-state index is 14.1. The Balaban J connectivity index is 2.45. The van der Waals surface area contributed by atoms with Gasteiger partial charge in [0.2, 0.25) is 0 Å². The number of halogens is 3. The SMILES string of the molecule is CC(C)NC(=O)c1ccc(F)cc1C1CC(F)(F)CN1C(=O)OC(C)(C)C. The van der Waals surface area contributed by atoms with E-state index in [-0.39, 0.29) is 17.2 Å². The zero-order valence-electron chi connectivity index (χ0n) is 16.1. The Morgan fingerprint density at radius 1 is 1.30 bits per heavy atom. The van der Waals surface area contributed by atoms with Crippen LogP contribution in [0.2, 0.25) is 0 Å². The van der Waals surface area contributed by atoms with Crippen molar-refractivity contribution >= 4 is 12.0 Å². The first-order valence-electron chi connectivity index (χ1n) is 8.77. The maximum absolute atomic E-state index is 14.1. The molecule has 1 atom stereocenters. The highest BCUT2D eigenvalue weighted by molar-refractivity contribution is 5.96. The first-order chi connectivity index (χ1) is 12.3. The van der Waals surface area contributed by atoms with Gasteiger partial charge in [-0.05, 0) is 58.4 Å². The molecular weight excluding hydrogens is 361 g/mol. The molecule has 1 unspecified atom stereocenters. The summed E-state index contributed by atoms with van der Waals surface area (Å²) < 4.78 is 47.3. The quantitative estimate of drug-likeness (QED) is 0.844. The molecule has 0 bridgehead atoms. The van der Waals surface area contributed by atoms with Gasteiger partial charge in [0.05, 0.1) is 12.6 Å². The smallest absolute Gasteiger partial charge is 0.411 e. The summed E-state index contributed by atoms with van der Waals surface area (Å²) >= 11 is 0. The van der Waals surface area contributed by atoms with Crippen LogP contribution in [0.25, 0.3) is 0 Å². The van der Waals surface area contributed by atoms with Crippen molar-refractivity contribution in [1.82, 2.24) is 10.2 Å². The molecule has 0 spiro atoms.